The number of rotatable bonds is 6. The fourth-order valence-corrected chi connectivity index (χ4v) is 2.31. The van der Waals surface area contributed by atoms with Crippen LogP contribution in [-0.4, -0.2) is 36.2 Å². The molecule has 0 aromatic rings. The molecule has 1 aliphatic rings. The minimum Gasteiger partial charge on any atom is -0.396 e. The molecule has 1 fully saturated rings. The topological polar surface area (TPSA) is 61.4 Å². The molecule has 100 valence electrons. The van der Waals surface area contributed by atoms with E-state index in [2.05, 4.69) is 10.6 Å². The maximum atomic E-state index is 11.9. The molecule has 0 aliphatic carbocycles. The van der Waals surface area contributed by atoms with Crippen LogP contribution in [0.2, 0.25) is 0 Å². The number of nitrogens with one attached hydrogen (secondary N) is 2. The lowest BCUT2D eigenvalue weighted by Gasteiger charge is -2.30. The summed E-state index contributed by atoms with van der Waals surface area (Å²) in [7, 11) is 0. The predicted molar refractivity (Wildman–Crippen MR) is 68.8 cm³/mol. The molecule has 1 aliphatic heterocycles. The van der Waals surface area contributed by atoms with Crippen molar-refractivity contribution in [3.05, 3.63) is 0 Å². The number of hydrogen-bond acceptors (Lipinski definition) is 3. The van der Waals surface area contributed by atoms with Gasteiger partial charge < -0.3 is 15.7 Å². The van der Waals surface area contributed by atoms with Crippen molar-refractivity contribution in [1.82, 2.24) is 10.6 Å². The maximum absolute atomic E-state index is 11.9. The summed E-state index contributed by atoms with van der Waals surface area (Å²) >= 11 is 0. The van der Waals surface area contributed by atoms with Crippen molar-refractivity contribution in [2.75, 3.05) is 19.7 Å². The summed E-state index contributed by atoms with van der Waals surface area (Å²) in [5.41, 5.74) is -0.251. The summed E-state index contributed by atoms with van der Waals surface area (Å²) in [6.45, 7) is 6.22. The van der Waals surface area contributed by atoms with E-state index in [4.69, 9.17) is 5.11 Å². The lowest BCUT2D eigenvalue weighted by atomic mass is 9.91. The molecule has 4 nitrogen and oxygen atoms in total. The molecule has 0 saturated carbocycles. The number of amides is 1. The highest BCUT2D eigenvalue weighted by Crippen LogP contribution is 2.18. The van der Waals surface area contributed by atoms with E-state index < -0.39 is 0 Å². The van der Waals surface area contributed by atoms with Gasteiger partial charge in [-0.3, -0.25) is 4.79 Å². The fraction of sp³-hybridized carbons (Fsp3) is 0.923. The Kier molecular flexibility index (Phi) is 5.92. The molecule has 4 heteroatoms. The quantitative estimate of drug-likeness (QED) is 0.652. The van der Waals surface area contributed by atoms with Crippen LogP contribution in [0.5, 0.6) is 0 Å². The van der Waals surface area contributed by atoms with Crippen molar-refractivity contribution in [2.45, 2.75) is 51.5 Å². The first-order valence-corrected chi connectivity index (χ1v) is 6.72. The summed E-state index contributed by atoms with van der Waals surface area (Å²) in [5, 5.41) is 15.4. The largest absolute Gasteiger partial charge is 0.396 e. The van der Waals surface area contributed by atoms with E-state index in [0.717, 1.165) is 32.4 Å². The van der Waals surface area contributed by atoms with Crippen LogP contribution in [0.1, 0.15) is 46.0 Å². The first-order valence-electron chi connectivity index (χ1n) is 6.72. The Bertz CT molecular complexity index is 240. The second-order valence-corrected chi connectivity index (χ2v) is 5.33. The van der Waals surface area contributed by atoms with E-state index in [-0.39, 0.29) is 18.1 Å². The Morgan fingerprint density at radius 2 is 2.12 bits per heavy atom. The van der Waals surface area contributed by atoms with Gasteiger partial charge >= 0.3 is 0 Å². The molecule has 1 rings (SSSR count). The lowest BCUT2D eigenvalue weighted by molar-refractivity contribution is -0.124. The molecule has 1 saturated heterocycles. The van der Waals surface area contributed by atoms with Gasteiger partial charge in [0.25, 0.3) is 0 Å². The Hall–Kier alpha value is -0.610. The highest BCUT2D eigenvalue weighted by atomic mass is 16.3. The van der Waals surface area contributed by atoms with E-state index in [9.17, 15) is 4.79 Å². The molecule has 0 spiro atoms. The number of aliphatic hydroxyl groups is 1. The SMILES string of the molecule is CCC(C)(CCO)NC(=O)CC1CCNCC1. The highest BCUT2D eigenvalue weighted by molar-refractivity contribution is 5.77. The van der Waals surface area contributed by atoms with Crippen LogP contribution in [0, 0.1) is 5.92 Å². The van der Waals surface area contributed by atoms with Crippen LogP contribution in [0.3, 0.4) is 0 Å². The highest BCUT2D eigenvalue weighted by Gasteiger charge is 2.25. The predicted octanol–water partition coefficient (Wildman–Crippen LogP) is 1.04. The van der Waals surface area contributed by atoms with E-state index in [1.807, 2.05) is 13.8 Å². The summed E-state index contributed by atoms with van der Waals surface area (Å²) < 4.78 is 0. The molecule has 17 heavy (non-hydrogen) atoms. The fourth-order valence-electron chi connectivity index (χ4n) is 2.31. The van der Waals surface area contributed by atoms with Crippen LogP contribution in [0.4, 0.5) is 0 Å². The van der Waals surface area contributed by atoms with Gasteiger partial charge in [-0.25, -0.2) is 0 Å². The van der Waals surface area contributed by atoms with Crippen LogP contribution in [0.15, 0.2) is 0 Å². The van der Waals surface area contributed by atoms with Crippen LogP contribution < -0.4 is 10.6 Å². The van der Waals surface area contributed by atoms with Crippen LogP contribution >= 0.6 is 0 Å². The van der Waals surface area contributed by atoms with E-state index in [1.165, 1.54) is 0 Å². The molecule has 0 bridgehead atoms. The zero-order chi connectivity index (χ0) is 12.7. The summed E-state index contributed by atoms with van der Waals surface area (Å²) in [4.78, 5) is 11.9. The van der Waals surface area contributed by atoms with Crippen molar-refractivity contribution in [1.29, 1.82) is 0 Å². The molecule has 0 aromatic heterocycles. The third-order valence-electron chi connectivity index (χ3n) is 3.82. The minimum absolute atomic E-state index is 0.123. The summed E-state index contributed by atoms with van der Waals surface area (Å²) in [5.74, 6) is 0.654. The van der Waals surface area contributed by atoms with Gasteiger partial charge in [-0.05, 0) is 51.6 Å². The normalized spacial score (nSPS) is 20.9. The van der Waals surface area contributed by atoms with E-state index in [0.29, 0.717) is 18.8 Å². The van der Waals surface area contributed by atoms with Crippen molar-refractivity contribution in [2.24, 2.45) is 5.92 Å². The maximum Gasteiger partial charge on any atom is 0.220 e. The summed E-state index contributed by atoms with van der Waals surface area (Å²) in [6.07, 6.45) is 4.29. The smallest absolute Gasteiger partial charge is 0.220 e. The first-order chi connectivity index (χ1) is 8.09. The van der Waals surface area contributed by atoms with Gasteiger partial charge in [-0.15, -0.1) is 0 Å². The number of carbonyl (C=O) groups excluding carboxylic acids is 1. The second kappa shape index (κ2) is 6.97. The monoisotopic (exact) mass is 242 g/mol. The van der Waals surface area contributed by atoms with Gasteiger partial charge in [-0.2, -0.15) is 0 Å². The number of piperidine rings is 1. The third-order valence-corrected chi connectivity index (χ3v) is 3.82. The number of carbonyl (C=O) groups is 1. The van der Waals surface area contributed by atoms with Gasteiger partial charge in [-0.1, -0.05) is 6.92 Å². The van der Waals surface area contributed by atoms with Crippen molar-refractivity contribution >= 4 is 5.91 Å². The Morgan fingerprint density at radius 1 is 1.47 bits per heavy atom. The van der Waals surface area contributed by atoms with Gasteiger partial charge in [0.1, 0.15) is 0 Å². The third kappa shape index (κ3) is 5.04. The van der Waals surface area contributed by atoms with Crippen molar-refractivity contribution < 1.29 is 9.90 Å². The van der Waals surface area contributed by atoms with Gasteiger partial charge in [0.05, 0.1) is 0 Å². The molecule has 0 aromatic carbocycles. The van der Waals surface area contributed by atoms with Gasteiger partial charge in [0, 0.05) is 18.6 Å². The molecule has 1 heterocycles. The molecule has 0 radical (unpaired) electrons. The molecule has 1 amide bonds. The standard InChI is InChI=1S/C13H26N2O2/c1-3-13(2,6-9-16)15-12(17)10-11-4-7-14-8-5-11/h11,14,16H,3-10H2,1-2H3,(H,15,17). The minimum atomic E-state index is -0.251. The zero-order valence-corrected chi connectivity index (χ0v) is 11.1. The Morgan fingerprint density at radius 3 is 2.65 bits per heavy atom. The molecular formula is C13H26N2O2. The molecule has 1 atom stereocenters. The Labute approximate surface area is 104 Å². The summed E-state index contributed by atoms with van der Waals surface area (Å²) in [6, 6.07) is 0. The molecule has 1 unspecified atom stereocenters. The zero-order valence-electron chi connectivity index (χ0n) is 11.1. The van der Waals surface area contributed by atoms with E-state index >= 15 is 0 Å². The van der Waals surface area contributed by atoms with Crippen molar-refractivity contribution in [3.8, 4) is 0 Å². The average Bonchev–Trinajstić information content (AvgIpc) is 2.30. The molecule has 3 N–H and O–H groups in total. The van der Waals surface area contributed by atoms with Crippen LogP contribution in [-0.2, 0) is 4.79 Å². The lowest BCUT2D eigenvalue weighted by Crippen LogP contribution is -2.47. The average molecular weight is 242 g/mol. The van der Waals surface area contributed by atoms with Gasteiger partial charge in [0.2, 0.25) is 5.91 Å². The van der Waals surface area contributed by atoms with Crippen LogP contribution in [0.25, 0.3) is 0 Å². The second-order valence-electron chi connectivity index (χ2n) is 5.33. The first kappa shape index (κ1) is 14.5. The number of hydrogen-bond donors (Lipinski definition) is 3. The van der Waals surface area contributed by atoms with E-state index in [1.54, 1.807) is 0 Å². The Balaban J connectivity index is 2.36. The number of aliphatic hydroxyl groups excluding tert-OH is 1. The van der Waals surface area contributed by atoms with Crippen molar-refractivity contribution in [3.63, 3.8) is 0 Å². The van der Waals surface area contributed by atoms with Gasteiger partial charge in [0.15, 0.2) is 0 Å². The molecular weight excluding hydrogens is 216 g/mol.